The third-order valence-corrected chi connectivity index (χ3v) is 5.68. The first-order chi connectivity index (χ1) is 16.1. The fourth-order valence-corrected chi connectivity index (χ4v) is 4.00. The van der Waals surface area contributed by atoms with Gasteiger partial charge in [0.25, 0.3) is 5.88 Å². The molecule has 1 aliphatic heterocycles. The average Bonchev–Trinajstić information content (AvgIpc) is 3.44. The zero-order valence-electron chi connectivity index (χ0n) is 18.7. The molecule has 1 N–H and O–H groups in total. The Morgan fingerprint density at radius 1 is 1.21 bits per heavy atom. The summed E-state index contributed by atoms with van der Waals surface area (Å²) in [6.45, 7) is 7.33. The first-order valence-electron chi connectivity index (χ1n) is 10.8. The van der Waals surface area contributed by atoms with E-state index in [0.29, 0.717) is 37.2 Å². The second-order valence-corrected chi connectivity index (χ2v) is 8.17. The number of carbonyl (C=O) groups excluding carboxylic acids is 1. The van der Waals surface area contributed by atoms with Crippen LogP contribution in [0.15, 0.2) is 41.5 Å². The molecule has 1 aliphatic rings. The van der Waals surface area contributed by atoms with Gasteiger partial charge in [-0.3, -0.25) is 9.48 Å². The molecule has 0 unspecified atom stereocenters. The monoisotopic (exact) mass is 469 g/mol. The quantitative estimate of drug-likeness (QED) is 0.378. The highest BCUT2D eigenvalue weighted by molar-refractivity contribution is 6.99. The maximum absolute atomic E-state index is 12.4. The SMILES string of the molecule is Cc1cc(C)n(CCC(=O)N/N=C(/COc2nsnc2N2CCOCC2)c2ccccc2)n1. The number of morpholine rings is 1. The van der Waals surface area contributed by atoms with E-state index in [0.717, 1.165) is 41.8 Å². The number of aromatic nitrogens is 4. The summed E-state index contributed by atoms with van der Waals surface area (Å²) in [5.41, 5.74) is 6.06. The molecule has 3 heterocycles. The van der Waals surface area contributed by atoms with Gasteiger partial charge in [0.1, 0.15) is 12.3 Å². The fraction of sp³-hybridized carbons (Fsp3) is 0.409. The molecular weight excluding hydrogens is 442 g/mol. The molecule has 0 aliphatic carbocycles. The number of hydrogen-bond acceptors (Lipinski definition) is 9. The highest BCUT2D eigenvalue weighted by atomic mass is 32.1. The van der Waals surface area contributed by atoms with Crippen molar-refractivity contribution in [2.45, 2.75) is 26.8 Å². The van der Waals surface area contributed by atoms with E-state index in [9.17, 15) is 4.79 Å². The normalized spacial score (nSPS) is 14.4. The van der Waals surface area contributed by atoms with Crippen LogP contribution in [-0.2, 0) is 16.1 Å². The Hall–Kier alpha value is -3.31. The van der Waals surface area contributed by atoms with Crippen LogP contribution in [0.25, 0.3) is 0 Å². The zero-order chi connectivity index (χ0) is 23.0. The predicted molar refractivity (Wildman–Crippen MR) is 126 cm³/mol. The Morgan fingerprint density at radius 3 is 2.73 bits per heavy atom. The van der Waals surface area contributed by atoms with Crippen molar-refractivity contribution in [1.29, 1.82) is 0 Å². The minimum atomic E-state index is -0.194. The third kappa shape index (κ3) is 6.14. The van der Waals surface area contributed by atoms with E-state index in [1.807, 2.05) is 54.9 Å². The number of benzene rings is 1. The Balaban J connectivity index is 1.40. The highest BCUT2D eigenvalue weighted by Crippen LogP contribution is 2.26. The van der Waals surface area contributed by atoms with Crippen molar-refractivity contribution >= 4 is 29.2 Å². The summed E-state index contributed by atoms with van der Waals surface area (Å²) in [6, 6.07) is 11.6. The van der Waals surface area contributed by atoms with Crippen molar-refractivity contribution < 1.29 is 14.3 Å². The van der Waals surface area contributed by atoms with Gasteiger partial charge in [0.05, 0.1) is 37.2 Å². The van der Waals surface area contributed by atoms with Gasteiger partial charge in [-0.15, -0.1) is 4.37 Å². The summed E-state index contributed by atoms with van der Waals surface area (Å²) in [4.78, 5) is 14.5. The average molecular weight is 470 g/mol. The first kappa shape index (κ1) is 22.9. The number of carbonyl (C=O) groups is 1. The molecule has 11 heteroatoms. The molecule has 2 aromatic heterocycles. The fourth-order valence-electron chi connectivity index (χ4n) is 3.48. The van der Waals surface area contributed by atoms with Gasteiger partial charge in [0, 0.05) is 30.8 Å². The summed E-state index contributed by atoms with van der Waals surface area (Å²) in [7, 11) is 0. The summed E-state index contributed by atoms with van der Waals surface area (Å²) in [6.07, 6.45) is 0.269. The van der Waals surface area contributed by atoms with Crippen LogP contribution in [-0.4, -0.2) is 63.1 Å². The largest absolute Gasteiger partial charge is 0.468 e. The standard InChI is InChI=1S/C22H27N7O3S/c1-16-14-17(2)29(25-16)9-8-20(30)24-23-19(18-6-4-3-5-7-18)15-32-22-21(26-33-27-22)28-10-12-31-13-11-28/h3-7,14H,8-13,15H2,1-2H3,(H,24,30)/b23-19-. The molecule has 0 bridgehead atoms. The topological polar surface area (TPSA) is 107 Å². The third-order valence-electron chi connectivity index (χ3n) is 5.18. The zero-order valence-corrected chi connectivity index (χ0v) is 19.5. The van der Waals surface area contributed by atoms with Crippen molar-refractivity contribution in [3.8, 4) is 5.88 Å². The van der Waals surface area contributed by atoms with Crippen LogP contribution >= 0.6 is 11.7 Å². The number of ether oxygens (including phenoxy) is 2. The lowest BCUT2D eigenvalue weighted by Gasteiger charge is -2.26. The Labute approximate surface area is 196 Å². The molecule has 1 saturated heterocycles. The molecule has 1 fully saturated rings. The van der Waals surface area contributed by atoms with Crippen LogP contribution in [0.1, 0.15) is 23.4 Å². The lowest BCUT2D eigenvalue weighted by Crippen LogP contribution is -2.36. The molecule has 0 spiro atoms. The van der Waals surface area contributed by atoms with Crippen LogP contribution in [0.5, 0.6) is 5.88 Å². The van der Waals surface area contributed by atoms with Gasteiger partial charge < -0.3 is 14.4 Å². The van der Waals surface area contributed by atoms with Crippen LogP contribution in [0.3, 0.4) is 0 Å². The number of amides is 1. The summed E-state index contributed by atoms with van der Waals surface area (Å²) in [5.74, 6) is 0.978. The number of aryl methyl sites for hydroxylation is 3. The maximum atomic E-state index is 12.4. The van der Waals surface area contributed by atoms with E-state index < -0.39 is 0 Å². The van der Waals surface area contributed by atoms with E-state index in [-0.39, 0.29) is 18.9 Å². The van der Waals surface area contributed by atoms with Gasteiger partial charge in [-0.2, -0.15) is 14.6 Å². The summed E-state index contributed by atoms with van der Waals surface area (Å²) < 4.78 is 21.9. The molecule has 0 saturated carbocycles. The lowest BCUT2D eigenvalue weighted by molar-refractivity contribution is -0.121. The molecule has 1 amide bonds. The number of hydrogen-bond donors (Lipinski definition) is 1. The number of nitrogens with one attached hydrogen (secondary N) is 1. The molecule has 10 nitrogen and oxygen atoms in total. The molecule has 0 radical (unpaired) electrons. The molecule has 0 atom stereocenters. The van der Waals surface area contributed by atoms with Crippen molar-refractivity contribution in [2.75, 3.05) is 37.8 Å². The molecule has 3 aromatic rings. The van der Waals surface area contributed by atoms with E-state index in [4.69, 9.17) is 9.47 Å². The lowest BCUT2D eigenvalue weighted by atomic mass is 10.1. The van der Waals surface area contributed by atoms with Crippen molar-refractivity contribution in [1.82, 2.24) is 24.0 Å². The van der Waals surface area contributed by atoms with Crippen molar-refractivity contribution in [3.63, 3.8) is 0 Å². The molecule has 4 rings (SSSR count). The van der Waals surface area contributed by atoms with E-state index in [1.165, 1.54) is 0 Å². The molecule has 174 valence electrons. The van der Waals surface area contributed by atoms with Gasteiger partial charge in [-0.05, 0) is 19.9 Å². The number of hydrazone groups is 1. The van der Waals surface area contributed by atoms with E-state index in [2.05, 4.69) is 29.3 Å². The Kier molecular flexibility index (Phi) is 7.63. The summed E-state index contributed by atoms with van der Waals surface area (Å²) >= 11 is 1.11. The maximum Gasteiger partial charge on any atom is 0.271 e. The summed E-state index contributed by atoms with van der Waals surface area (Å²) in [5, 5.41) is 8.75. The van der Waals surface area contributed by atoms with E-state index >= 15 is 0 Å². The van der Waals surface area contributed by atoms with Gasteiger partial charge in [-0.25, -0.2) is 5.43 Å². The number of rotatable bonds is 9. The Morgan fingerprint density at radius 2 is 2.00 bits per heavy atom. The number of anilines is 1. The predicted octanol–water partition coefficient (Wildman–Crippen LogP) is 2.18. The number of nitrogens with zero attached hydrogens (tertiary/aromatic N) is 6. The smallest absolute Gasteiger partial charge is 0.271 e. The van der Waals surface area contributed by atoms with Crippen LogP contribution in [0, 0.1) is 13.8 Å². The Bertz CT molecular complexity index is 1090. The van der Waals surface area contributed by atoms with Gasteiger partial charge >= 0.3 is 0 Å². The first-order valence-corrected chi connectivity index (χ1v) is 11.5. The van der Waals surface area contributed by atoms with Crippen molar-refractivity contribution in [3.05, 3.63) is 53.3 Å². The van der Waals surface area contributed by atoms with Gasteiger partial charge in [0.2, 0.25) is 11.7 Å². The second-order valence-electron chi connectivity index (χ2n) is 7.64. The van der Waals surface area contributed by atoms with Crippen molar-refractivity contribution in [2.24, 2.45) is 5.10 Å². The van der Waals surface area contributed by atoms with Crippen LogP contribution < -0.4 is 15.1 Å². The van der Waals surface area contributed by atoms with Gasteiger partial charge in [-0.1, -0.05) is 30.3 Å². The minimum absolute atomic E-state index is 0.143. The van der Waals surface area contributed by atoms with Gasteiger partial charge in [0.15, 0.2) is 0 Å². The minimum Gasteiger partial charge on any atom is -0.468 e. The second kappa shape index (κ2) is 11.0. The molecular formula is C22H27N7O3S. The molecule has 1 aromatic carbocycles. The van der Waals surface area contributed by atoms with E-state index in [1.54, 1.807) is 0 Å². The molecule has 33 heavy (non-hydrogen) atoms. The van der Waals surface area contributed by atoms with Crippen LogP contribution in [0.4, 0.5) is 5.82 Å². The van der Waals surface area contributed by atoms with Crippen LogP contribution in [0.2, 0.25) is 0 Å². The highest BCUT2D eigenvalue weighted by Gasteiger charge is 2.20.